The molecule has 0 atom stereocenters. The summed E-state index contributed by atoms with van der Waals surface area (Å²) in [6, 6.07) is 20.7. The van der Waals surface area contributed by atoms with Crippen LogP contribution in [0, 0.1) is 12.7 Å². The molecule has 31 heavy (non-hydrogen) atoms. The molecule has 3 aromatic carbocycles. The van der Waals surface area contributed by atoms with Crippen LogP contribution in [0.4, 0.5) is 21.6 Å². The second-order valence-electron chi connectivity index (χ2n) is 6.92. The molecule has 0 aliphatic carbocycles. The first-order valence-electron chi connectivity index (χ1n) is 9.51. The molecule has 0 saturated heterocycles. The Morgan fingerprint density at radius 1 is 0.935 bits per heavy atom. The second-order valence-corrected chi connectivity index (χ2v) is 7.32. The van der Waals surface area contributed by atoms with Gasteiger partial charge in [-0.1, -0.05) is 41.4 Å². The van der Waals surface area contributed by atoms with Gasteiger partial charge < -0.3 is 10.6 Å². The Hall–Kier alpha value is -3.77. The molecule has 2 N–H and O–H groups in total. The minimum Gasteiger partial charge on any atom is -0.340 e. The number of nitrogens with zero attached hydrogens (tertiary/aromatic N) is 2. The van der Waals surface area contributed by atoms with Gasteiger partial charge in [-0.25, -0.2) is 14.4 Å². The lowest BCUT2D eigenvalue weighted by atomic mass is 10.1. The maximum Gasteiger partial charge on any atom is 0.255 e. The van der Waals surface area contributed by atoms with Gasteiger partial charge in [0.25, 0.3) is 5.91 Å². The van der Waals surface area contributed by atoms with E-state index in [1.54, 1.807) is 36.5 Å². The summed E-state index contributed by atoms with van der Waals surface area (Å²) in [4.78, 5) is 21.3. The Labute approximate surface area is 184 Å². The minimum absolute atomic E-state index is 0.0489. The summed E-state index contributed by atoms with van der Waals surface area (Å²) in [5.41, 5.74) is 3.75. The minimum atomic E-state index is -0.537. The summed E-state index contributed by atoms with van der Waals surface area (Å²) < 4.78 is 13.3. The summed E-state index contributed by atoms with van der Waals surface area (Å²) in [7, 11) is 0. The fraction of sp³-hybridized carbons (Fsp3) is 0.0417. The lowest BCUT2D eigenvalue weighted by molar-refractivity contribution is 0.102. The van der Waals surface area contributed by atoms with Gasteiger partial charge in [0.2, 0.25) is 0 Å². The lowest BCUT2D eigenvalue weighted by Gasteiger charge is -2.09. The highest BCUT2D eigenvalue weighted by molar-refractivity contribution is 6.31. The molecule has 1 amide bonds. The summed E-state index contributed by atoms with van der Waals surface area (Å²) >= 11 is 5.75. The number of hydrogen-bond donors (Lipinski definition) is 2. The van der Waals surface area contributed by atoms with Gasteiger partial charge in [-0.3, -0.25) is 4.79 Å². The van der Waals surface area contributed by atoms with Gasteiger partial charge in [0, 0.05) is 28.7 Å². The SMILES string of the molecule is Cc1ccc(-c2nccc(Nc3ccc(C(=O)Nc4ccc(F)c(Cl)c4)cc3)n2)cc1. The maximum absolute atomic E-state index is 13.3. The fourth-order valence-electron chi connectivity index (χ4n) is 2.90. The van der Waals surface area contributed by atoms with Crippen LogP contribution in [-0.2, 0) is 0 Å². The van der Waals surface area contributed by atoms with Gasteiger partial charge in [0.1, 0.15) is 11.6 Å². The second kappa shape index (κ2) is 8.93. The van der Waals surface area contributed by atoms with Gasteiger partial charge in [-0.2, -0.15) is 0 Å². The van der Waals surface area contributed by atoms with E-state index >= 15 is 0 Å². The highest BCUT2D eigenvalue weighted by atomic mass is 35.5. The van der Waals surface area contributed by atoms with Crippen molar-refractivity contribution < 1.29 is 9.18 Å². The first-order valence-corrected chi connectivity index (χ1v) is 9.89. The molecule has 0 fully saturated rings. The number of aromatic nitrogens is 2. The molecule has 4 rings (SSSR count). The lowest BCUT2D eigenvalue weighted by Crippen LogP contribution is -2.11. The largest absolute Gasteiger partial charge is 0.340 e. The molecular weight excluding hydrogens is 415 g/mol. The third-order valence-electron chi connectivity index (χ3n) is 4.56. The summed E-state index contributed by atoms with van der Waals surface area (Å²) in [5, 5.41) is 5.86. The molecule has 0 radical (unpaired) electrons. The Morgan fingerprint density at radius 2 is 1.65 bits per heavy atom. The Morgan fingerprint density at radius 3 is 2.35 bits per heavy atom. The molecule has 0 saturated carbocycles. The van der Waals surface area contributed by atoms with E-state index in [4.69, 9.17) is 11.6 Å². The van der Waals surface area contributed by atoms with Crippen LogP contribution < -0.4 is 10.6 Å². The number of carbonyl (C=O) groups is 1. The number of amides is 1. The number of anilines is 3. The van der Waals surface area contributed by atoms with Crippen molar-refractivity contribution in [3.63, 3.8) is 0 Å². The maximum atomic E-state index is 13.3. The summed E-state index contributed by atoms with van der Waals surface area (Å²) in [6.07, 6.45) is 1.69. The third-order valence-corrected chi connectivity index (χ3v) is 4.85. The predicted molar refractivity (Wildman–Crippen MR) is 121 cm³/mol. The van der Waals surface area contributed by atoms with Crippen LogP contribution in [-0.4, -0.2) is 15.9 Å². The summed E-state index contributed by atoms with van der Waals surface area (Å²) in [6.45, 7) is 2.03. The van der Waals surface area contributed by atoms with E-state index < -0.39 is 5.82 Å². The van der Waals surface area contributed by atoms with E-state index in [0.29, 0.717) is 22.9 Å². The highest BCUT2D eigenvalue weighted by Gasteiger charge is 2.09. The fourth-order valence-corrected chi connectivity index (χ4v) is 3.08. The number of rotatable bonds is 5. The Kier molecular flexibility index (Phi) is 5.91. The molecule has 7 heteroatoms. The average molecular weight is 433 g/mol. The number of nitrogens with one attached hydrogen (secondary N) is 2. The van der Waals surface area contributed by atoms with E-state index in [0.717, 1.165) is 11.3 Å². The van der Waals surface area contributed by atoms with Gasteiger partial charge in [0.15, 0.2) is 5.82 Å². The zero-order chi connectivity index (χ0) is 21.8. The van der Waals surface area contributed by atoms with Crippen LogP contribution in [0.15, 0.2) is 79.0 Å². The van der Waals surface area contributed by atoms with Crippen molar-refractivity contribution in [2.24, 2.45) is 0 Å². The Balaban J connectivity index is 1.45. The first kappa shape index (κ1) is 20.5. The van der Waals surface area contributed by atoms with Crippen LogP contribution in [0.2, 0.25) is 5.02 Å². The highest BCUT2D eigenvalue weighted by Crippen LogP contribution is 2.22. The molecule has 4 aromatic rings. The van der Waals surface area contributed by atoms with Crippen LogP contribution in [0.25, 0.3) is 11.4 Å². The summed E-state index contributed by atoms with van der Waals surface area (Å²) in [5.74, 6) is 0.408. The molecule has 0 spiro atoms. The van der Waals surface area contributed by atoms with Gasteiger partial charge >= 0.3 is 0 Å². The van der Waals surface area contributed by atoms with Crippen molar-refractivity contribution in [1.29, 1.82) is 0 Å². The topological polar surface area (TPSA) is 66.9 Å². The van der Waals surface area contributed by atoms with E-state index in [1.807, 2.05) is 31.2 Å². The molecule has 0 unspecified atom stereocenters. The number of hydrogen-bond acceptors (Lipinski definition) is 4. The first-order chi connectivity index (χ1) is 15.0. The number of carbonyl (C=O) groups excluding carboxylic acids is 1. The van der Waals surface area contributed by atoms with Gasteiger partial charge in [-0.05, 0) is 55.5 Å². The van der Waals surface area contributed by atoms with E-state index in [2.05, 4.69) is 20.6 Å². The van der Waals surface area contributed by atoms with Gasteiger partial charge in [0.05, 0.1) is 5.02 Å². The van der Waals surface area contributed by atoms with Crippen LogP contribution in [0.3, 0.4) is 0 Å². The molecule has 0 aliphatic heterocycles. The monoisotopic (exact) mass is 432 g/mol. The molecule has 0 aliphatic rings. The third kappa shape index (κ3) is 5.05. The quantitative estimate of drug-likeness (QED) is 0.391. The van der Waals surface area contributed by atoms with Crippen molar-refractivity contribution in [2.75, 3.05) is 10.6 Å². The molecule has 154 valence electrons. The zero-order valence-electron chi connectivity index (χ0n) is 16.6. The molecule has 1 aromatic heterocycles. The Bertz CT molecular complexity index is 1230. The van der Waals surface area contributed by atoms with Crippen molar-refractivity contribution >= 4 is 34.7 Å². The predicted octanol–water partition coefficient (Wildman–Crippen LogP) is 6.24. The van der Waals surface area contributed by atoms with E-state index in [-0.39, 0.29) is 10.9 Å². The average Bonchev–Trinajstić information content (AvgIpc) is 2.77. The van der Waals surface area contributed by atoms with Crippen LogP contribution >= 0.6 is 11.6 Å². The molecular formula is C24H18ClFN4O. The smallest absolute Gasteiger partial charge is 0.255 e. The standard InChI is InChI=1S/C24H18ClFN4O/c1-15-2-4-16(5-3-15)23-27-13-12-22(30-23)28-18-8-6-17(7-9-18)24(31)29-19-10-11-21(26)20(25)14-19/h2-14H,1H3,(H,29,31)(H,27,28,30). The molecule has 5 nitrogen and oxygen atoms in total. The van der Waals surface area contributed by atoms with Crippen LogP contribution in [0.5, 0.6) is 0 Å². The van der Waals surface area contributed by atoms with Gasteiger partial charge in [-0.15, -0.1) is 0 Å². The van der Waals surface area contributed by atoms with Crippen molar-refractivity contribution in [2.45, 2.75) is 6.92 Å². The van der Waals surface area contributed by atoms with Crippen molar-refractivity contribution in [1.82, 2.24) is 9.97 Å². The number of benzene rings is 3. The number of halogens is 2. The number of aryl methyl sites for hydroxylation is 1. The van der Waals surface area contributed by atoms with Crippen LogP contribution in [0.1, 0.15) is 15.9 Å². The zero-order valence-corrected chi connectivity index (χ0v) is 17.3. The molecule has 0 bridgehead atoms. The normalized spacial score (nSPS) is 10.5. The van der Waals surface area contributed by atoms with E-state index in [9.17, 15) is 9.18 Å². The van der Waals surface area contributed by atoms with Crippen molar-refractivity contribution in [3.05, 3.63) is 101 Å². The molecule has 1 heterocycles. The van der Waals surface area contributed by atoms with E-state index in [1.165, 1.54) is 23.8 Å². The van der Waals surface area contributed by atoms with Crippen molar-refractivity contribution in [3.8, 4) is 11.4 Å².